The molecule has 3 nitrogen and oxygen atoms in total. The summed E-state index contributed by atoms with van der Waals surface area (Å²) >= 11 is 0. The molecule has 3 rings (SSSR count). The van der Waals surface area contributed by atoms with E-state index in [0.717, 1.165) is 36.9 Å². The van der Waals surface area contributed by atoms with Crippen molar-refractivity contribution < 1.29 is 9.90 Å². The number of nitrogens with zero attached hydrogens (tertiary/aromatic N) is 1. The number of carbonyl (C=O) groups is 1. The average Bonchev–Trinajstić information content (AvgIpc) is 3.11. The highest BCUT2D eigenvalue weighted by Gasteiger charge is 2.50. The Morgan fingerprint density at radius 3 is 2.75 bits per heavy atom. The van der Waals surface area contributed by atoms with Crippen LogP contribution in [-0.4, -0.2) is 34.6 Å². The number of hydrogen-bond donors (Lipinski definition) is 1. The van der Waals surface area contributed by atoms with Gasteiger partial charge in [-0.15, -0.1) is 0 Å². The van der Waals surface area contributed by atoms with E-state index in [4.69, 9.17) is 0 Å². The Morgan fingerprint density at radius 1 is 1.31 bits per heavy atom. The third kappa shape index (κ3) is 1.28. The van der Waals surface area contributed by atoms with Gasteiger partial charge in [0, 0.05) is 12.1 Å². The lowest BCUT2D eigenvalue weighted by molar-refractivity contribution is 0.0523. The van der Waals surface area contributed by atoms with E-state index < -0.39 is 0 Å². The Kier molecular flexibility index (Phi) is 2.04. The molecule has 3 heteroatoms. The van der Waals surface area contributed by atoms with Gasteiger partial charge in [0.15, 0.2) is 0 Å². The van der Waals surface area contributed by atoms with Gasteiger partial charge in [0.1, 0.15) is 0 Å². The highest BCUT2D eigenvalue weighted by Crippen LogP contribution is 2.43. The molecule has 1 aliphatic heterocycles. The van der Waals surface area contributed by atoms with Crippen LogP contribution in [-0.2, 0) is 6.42 Å². The molecule has 1 aliphatic carbocycles. The lowest BCUT2D eigenvalue weighted by atomic mass is 9.97. The molecule has 2 aliphatic rings. The van der Waals surface area contributed by atoms with E-state index in [-0.39, 0.29) is 18.1 Å². The number of benzene rings is 1. The highest BCUT2D eigenvalue weighted by molar-refractivity contribution is 5.97. The van der Waals surface area contributed by atoms with Crippen LogP contribution in [0.2, 0.25) is 0 Å². The summed E-state index contributed by atoms with van der Waals surface area (Å²) in [6, 6.07) is 7.78. The standard InChI is InChI=1S/C13H15NO2/c15-9-13(6-7-13)14-8-5-10-3-1-2-4-11(10)12(14)16/h1-4,15H,5-9H2. The van der Waals surface area contributed by atoms with E-state index >= 15 is 0 Å². The van der Waals surface area contributed by atoms with E-state index in [1.165, 1.54) is 0 Å². The SMILES string of the molecule is O=C1c2ccccc2CCN1C1(CO)CC1. The van der Waals surface area contributed by atoms with E-state index in [1.54, 1.807) is 0 Å². The number of carbonyl (C=O) groups excluding carboxylic acids is 1. The van der Waals surface area contributed by atoms with Crippen LogP contribution in [0.3, 0.4) is 0 Å². The van der Waals surface area contributed by atoms with Crippen LogP contribution in [0, 0.1) is 0 Å². The van der Waals surface area contributed by atoms with Crippen LogP contribution in [0.4, 0.5) is 0 Å². The second-order valence-electron chi connectivity index (χ2n) is 4.75. The number of rotatable bonds is 2. The lowest BCUT2D eigenvalue weighted by Gasteiger charge is -2.35. The van der Waals surface area contributed by atoms with Gasteiger partial charge in [-0.3, -0.25) is 4.79 Å². The number of aliphatic hydroxyl groups is 1. The van der Waals surface area contributed by atoms with Gasteiger partial charge in [0.25, 0.3) is 5.91 Å². The first-order chi connectivity index (χ1) is 7.77. The maximum Gasteiger partial charge on any atom is 0.254 e. The molecule has 0 radical (unpaired) electrons. The molecule has 0 saturated heterocycles. The minimum absolute atomic E-state index is 0.0911. The van der Waals surface area contributed by atoms with Crippen molar-refractivity contribution in [2.24, 2.45) is 0 Å². The highest BCUT2D eigenvalue weighted by atomic mass is 16.3. The largest absolute Gasteiger partial charge is 0.394 e. The average molecular weight is 217 g/mol. The van der Waals surface area contributed by atoms with Crippen molar-refractivity contribution in [1.82, 2.24) is 4.90 Å². The molecule has 1 fully saturated rings. The first-order valence-corrected chi connectivity index (χ1v) is 5.78. The van der Waals surface area contributed by atoms with Crippen LogP contribution in [0.25, 0.3) is 0 Å². The molecule has 0 unspecified atom stereocenters. The summed E-state index contributed by atoms with van der Waals surface area (Å²) in [7, 11) is 0. The van der Waals surface area contributed by atoms with Crippen LogP contribution < -0.4 is 0 Å². The molecule has 0 bridgehead atoms. The molecule has 84 valence electrons. The van der Waals surface area contributed by atoms with Gasteiger partial charge in [0.05, 0.1) is 12.1 Å². The predicted octanol–water partition coefficient (Wildman–Crippen LogP) is 1.21. The molecule has 16 heavy (non-hydrogen) atoms. The fourth-order valence-electron chi connectivity index (χ4n) is 2.54. The molecule has 1 heterocycles. The van der Waals surface area contributed by atoms with Gasteiger partial charge in [-0.2, -0.15) is 0 Å². The van der Waals surface area contributed by atoms with Crippen LogP contribution >= 0.6 is 0 Å². The van der Waals surface area contributed by atoms with Crippen molar-refractivity contribution >= 4 is 5.91 Å². The van der Waals surface area contributed by atoms with Gasteiger partial charge in [-0.1, -0.05) is 18.2 Å². The second-order valence-corrected chi connectivity index (χ2v) is 4.75. The molecule has 0 atom stereocenters. The van der Waals surface area contributed by atoms with Gasteiger partial charge >= 0.3 is 0 Å². The van der Waals surface area contributed by atoms with Gasteiger partial charge in [-0.25, -0.2) is 0 Å². The fraction of sp³-hybridized carbons (Fsp3) is 0.462. The summed E-state index contributed by atoms with van der Waals surface area (Å²) in [6.45, 7) is 0.845. The van der Waals surface area contributed by atoms with E-state index in [9.17, 15) is 9.90 Å². The second kappa shape index (κ2) is 3.32. The molecule has 1 saturated carbocycles. The monoisotopic (exact) mass is 217 g/mol. The molecular formula is C13H15NO2. The number of hydrogen-bond acceptors (Lipinski definition) is 2. The molecule has 1 amide bonds. The summed E-state index contributed by atoms with van der Waals surface area (Å²) < 4.78 is 0. The third-order valence-corrected chi connectivity index (χ3v) is 3.79. The van der Waals surface area contributed by atoms with Gasteiger partial charge in [-0.05, 0) is 30.9 Å². The van der Waals surface area contributed by atoms with Crippen LogP contribution in [0.1, 0.15) is 28.8 Å². The Labute approximate surface area is 94.7 Å². The van der Waals surface area contributed by atoms with Gasteiger partial charge < -0.3 is 10.0 Å². The topological polar surface area (TPSA) is 40.5 Å². The molecule has 1 N–H and O–H groups in total. The minimum Gasteiger partial charge on any atom is -0.394 e. The van der Waals surface area contributed by atoms with E-state index in [2.05, 4.69) is 0 Å². The van der Waals surface area contributed by atoms with E-state index in [0.29, 0.717) is 0 Å². The summed E-state index contributed by atoms with van der Waals surface area (Å²) in [5.74, 6) is 0.0911. The summed E-state index contributed by atoms with van der Waals surface area (Å²) in [6.07, 6.45) is 2.79. The van der Waals surface area contributed by atoms with Crippen molar-refractivity contribution in [2.75, 3.05) is 13.2 Å². The normalized spacial score (nSPS) is 21.8. The quantitative estimate of drug-likeness (QED) is 0.809. The molecule has 1 aromatic carbocycles. The number of amides is 1. The summed E-state index contributed by atoms with van der Waals surface area (Å²) in [4.78, 5) is 14.1. The Morgan fingerprint density at radius 2 is 2.06 bits per heavy atom. The Hall–Kier alpha value is -1.35. The summed E-state index contributed by atoms with van der Waals surface area (Å²) in [5.41, 5.74) is 1.72. The first kappa shape index (κ1) is 9.85. The Balaban J connectivity index is 1.95. The fourth-order valence-corrected chi connectivity index (χ4v) is 2.54. The van der Waals surface area contributed by atoms with Crippen molar-refractivity contribution in [3.63, 3.8) is 0 Å². The summed E-state index contributed by atoms with van der Waals surface area (Å²) in [5, 5.41) is 9.38. The van der Waals surface area contributed by atoms with Crippen LogP contribution in [0.15, 0.2) is 24.3 Å². The van der Waals surface area contributed by atoms with Crippen molar-refractivity contribution in [3.05, 3.63) is 35.4 Å². The number of aliphatic hydroxyl groups excluding tert-OH is 1. The minimum atomic E-state index is -0.232. The molecule has 0 spiro atoms. The van der Waals surface area contributed by atoms with Crippen LogP contribution in [0.5, 0.6) is 0 Å². The predicted molar refractivity (Wildman–Crippen MR) is 60.2 cm³/mol. The number of fused-ring (bicyclic) bond motifs is 1. The Bertz CT molecular complexity index is 437. The zero-order valence-electron chi connectivity index (χ0n) is 9.15. The third-order valence-electron chi connectivity index (χ3n) is 3.79. The van der Waals surface area contributed by atoms with Gasteiger partial charge in [0.2, 0.25) is 0 Å². The zero-order valence-corrected chi connectivity index (χ0v) is 9.15. The van der Waals surface area contributed by atoms with Crippen molar-refractivity contribution in [2.45, 2.75) is 24.8 Å². The van der Waals surface area contributed by atoms with Crippen molar-refractivity contribution in [3.8, 4) is 0 Å². The first-order valence-electron chi connectivity index (χ1n) is 5.78. The van der Waals surface area contributed by atoms with E-state index in [1.807, 2.05) is 29.2 Å². The zero-order chi connectivity index (χ0) is 11.2. The molecular weight excluding hydrogens is 202 g/mol. The smallest absolute Gasteiger partial charge is 0.254 e. The van der Waals surface area contributed by atoms with Crippen molar-refractivity contribution in [1.29, 1.82) is 0 Å². The molecule has 0 aromatic heterocycles. The maximum atomic E-state index is 12.3. The maximum absolute atomic E-state index is 12.3. The molecule has 1 aromatic rings. The lowest BCUT2D eigenvalue weighted by Crippen LogP contribution is -2.48.